The Bertz CT molecular complexity index is 1510. The van der Waals surface area contributed by atoms with Crippen molar-refractivity contribution in [2.75, 3.05) is 12.0 Å². The van der Waals surface area contributed by atoms with Crippen LogP contribution in [0.25, 0.3) is 5.57 Å². The molecule has 45 heavy (non-hydrogen) atoms. The third-order valence-electron chi connectivity index (χ3n) is 7.82. The van der Waals surface area contributed by atoms with Crippen LogP contribution in [0.3, 0.4) is 0 Å². The summed E-state index contributed by atoms with van der Waals surface area (Å²) in [5, 5.41) is 21.4. The number of unbranched alkanes of at least 4 members (excludes halogenated alkanes) is 1. The van der Waals surface area contributed by atoms with E-state index in [2.05, 4.69) is 21.3 Å². The van der Waals surface area contributed by atoms with Crippen LogP contribution < -0.4 is 21.3 Å². The van der Waals surface area contributed by atoms with Crippen molar-refractivity contribution in [3.8, 4) is 0 Å². The van der Waals surface area contributed by atoms with Gasteiger partial charge >= 0.3 is 0 Å². The third-order valence-corrected chi connectivity index (χ3v) is 8.80. The lowest BCUT2D eigenvalue weighted by Crippen LogP contribution is -2.57. The summed E-state index contributed by atoms with van der Waals surface area (Å²) in [5.74, 6) is -2.90. The zero-order chi connectivity index (χ0) is 33.1. The van der Waals surface area contributed by atoms with Crippen molar-refractivity contribution in [3.05, 3.63) is 76.9 Å². The molecular weight excluding hydrogens is 596 g/mol. The number of rotatable bonds is 16. The molecule has 12 heteroatoms. The predicted octanol–water partition coefficient (Wildman–Crippen LogP) is 1.79. The van der Waals surface area contributed by atoms with Gasteiger partial charge in [-0.05, 0) is 49.0 Å². The fourth-order valence-electron chi connectivity index (χ4n) is 5.11. The number of nitrogens with one attached hydrogen (secondary N) is 4. The molecule has 0 spiro atoms. The van der Waals surface area contributed by atoms with Crippen LogP contribution in [-0.4, -0.2) is 73.4 Å². The van der Waals surface area contributed by atoms with Crippen molar-refractivity contribution in [2.24, 2.45) is 0 Å². The number of hydrogen-bond donors (Lipinski definition) is 5. The predicted molar refractivity (Wildman–Crippen MR) is 172 cm³/mol. The van der Waals surface area contributed by atoms with E-state index in [0.717, 1.165) is 34.9 Å². The molecule has 1 unspecified atom stereocenters. The molecule has 1 aliphatic carbocycles. The van der Waals surface area contributed by atoms with E-state index in [0.29, 0.717) is 18.4 Å². The summed E-state index contributed by atoms with van der Waals surface area (Å²) in [7, 11) is -3.50. The van der Waals surface area contributed by atoms with Gasteiger partial charge in [0, 0.05) is 24.8 Å². The van der Waals surface area contributed by atoms with Crippen molar-refractivity contribution < 1.29 is 32.7 Å². The molecule has 0 bridgehead atoms. The van der Waals surface area contributed by atoms with Crippen LogP contribution in [0.5, 0.6) is 0 Å². The molecule has 4 amide bonds. The average Bonchev–Trinajstić information content (AvgIpc) is 3.35. The number of aliphatic hydroxyl groups excluding tert-OH is 1. The minimum atomic E-state index is -3.50. The topological polar surface area (TPSA) is 171 Å². The Balaban J connectivity index is 1.68. The molecule has 3 rings (SSSR count). The van der Waals surface area contributed by atoms with Crippen LogP contribution >= 0.6 is 0 Å². The lowest BCUT2D eigenvalue weighted by atomic mass is 10.0. The van der Waals surface area contributed by atoms with Crippen molar-refractivity contribution in [1.29, 1.82) is 0 Å². The van der Waals surface area contributed by atoms with Crippen molar-refractivity contribution in [1.82, 2.24) is 21.3 Å². The van der Waals surface area contributed by atoms with Crippen molar-refractivity contribution in [3.63, 3.8) is 0 Å². The van der Waals surface area contributed by atoms with Crippen LogP contribution in [0.4, 0.5) is 0 Å². The Kier molecular flexibility index (Phi) is 12.9. The standard InChI is InChI=1S/C33H44N4O7S/c1-5-6-16-27(29(38)33(42)34-20-23-12-8-7-9-13-23)36-32(41)28(17-18-45(4,43)44)37-30(39)22(3)35-31(40)26-19-24-14-10-11-15-25(24)21(26)2/h7-15,22,27-29,38H,5-6,16-20H2,1-4H3,(H,34,42)(H,35,40)(H,36,41)(H,37,39)/t22-,27-,28-,29?/m0/s1. The van der Waals surface area contributed by atoms with Gasteiger partial charge in [-0.15, -0.1) is 0 Å². The van der Waals surface area contributed by atoms with E-state index in [4.69, 9.17) is 0 Å². The Morgan fingerprint density at radius 1 is 0.889 bits per heavy atom. The third kappa shape index (κ3) is 10.5. The van der Waals surface area contributed by atoms with Crippen LogP contribution in [0.2, 0.25) is 0 Å². The number of carbonyl (C=O) groups excluding carboxylic acids is 4. The minimum absolute atomic E-state index is 0.185. The number of allylic oxidation sites excluding steroid dienone is 1. The molecule has 0 radical (unpaired) electrons. The van der Waals surface area contributed by atoms with Gasteiger partial charge in [0.25, 0.3) is 5.91 Å². The molecule has 2 aromatic carbocycles. The number of amides is 4. The zero-order valence-corrected chi connectivity index (χ0v) is 27.1. The van der Waals surface area contributed by atoms with E-state index in [1.54, 1.807) is 0 Å². The summed E-state index contributed by atoms with van der Waals surface area (Å²) in [6.07, 6.45) is 1.23. The molecule has 5 N–H and O–H groups in total. The monoisotopic (exact) mass is 640 g/mol. The molecule has 0 fully saturated rings. The first kappa shape index (κ1) is 35.4. The molecular formula is C33H44N4O7S. The minimum Gasteiger partial charge on any atom is -0.381 e. The van der Waals surface area contributed by atoms with Crippen molar-refractivity contribution in [2.45, 2.75) is 83.6 Å². The highest BCUT2D eigenvalue weighted by Crippen LogP contribution is 2.32. The second-order valence-electron chi connectivity index (χ2n) is 11.5. The zero-order valence-electron chi connectivity index (χ0n) is 26.3. The smallest absolute Gasteiger partial charge is 0.251 e. The number of fused-ring (bicyclic) bond motifs is 1. The van der Waals surface area contributed by atoms with Gasteiger partial charge in [-0.2, -0.15) is 0 Å². The van der Waals surface area contributed by atoms with Gasteiger partial charge in [-0.3, -0.25) is 19.2 Å². The second-order valence-corrected chi connectivity index (χ2v) is 13.8. The van der Waals surface area contributed by atoms with Gasteiger partial charge in [0.2, 0.25) is 17.7 Å². The van der Waals surface area contributed by atoms with Crippen LogP contribution in [0, 0.1) is 0 Å². The summed E-state index contributed by atoms with van der Waals surface area (Å²) in [5.41, 5.74) is 4.20. The first-order valence-electron chi connectivity index (χ1n) is 15.2. The molecule has 1 aliphatic rings. The maximum atomic E-state index is 13.4. The highest BCUT2D eigenvalue weighted by molar-refractivity contribution is 7.90. The number of carbonyl (C=O) groups is 4. The molecule has 2 aromatic rings. The summed E-state index contributed by atoms with van der Waals surface area (Å²) in [6.45, 7) is 5.43. The molecule has 0 aliphatic heterocycles. The van der Waals surface area contributed by atoms with E-state index in [9.17, 15) is 32.7 Å². The van der Waals surface area contributed by atoms with E-state index < -0.39 is 63.4 Å². The van der Waals surface area contributed by atoms with E-state index in [-0.39, 0.29) is 19.4 Å². The second kappa shape index (κ2) is 16.3. The highest BCUT2D eigenvalue weighted by atomic mass is 32.2. The molecule has 4 atom stereocenters. The highest BCUT2D eigenvalue weighted by Gasteiger charge is 2.32. The molecule has 244 valence electrons. The lowest BCUT2D eigenvalue weighted by Gasteiger charge is -2.27. The maximum Gasteiger partial charge on any atom is 0.251 e. The van der Waals surface area contributed by atoms with Crippen LogP contribution in [0.1, 0.15) is 63.1 Å². The first-order valence-corrected chi connectivity index (χ1v) is 17.2. The van der Waals surface area contributed by atoms with Gasteiger partial charge in [-0.1, -0.05) is 74.4 Å². The van der Waals surface area contributed by atoms with Gasteiger partial charge < -0.3 is 26.4 Å². The number of sulfone groups is 1. The Hall–Kier alpha value is -4.03. The van der Waals surface area contributed by atoms with Gasteiger partial charge in [0.05, 0.1) is 11.8 Å². The lowest BCUT2D eigenvalue weighted by molar-refractivity contribution is -0.134. The van der Waals surface area contributed by atoms with Gasteiger partial charge in [-0.25, -0.2) is 8.42 Å². The van der Waals surface area contributed by atoms with Gasteiger partial charge in [0.1, 0.15) is 21.9 Å². The quantitative estimate of drug-likeness (QED) is 0.186. The molecule has 11 nitrogen and oxygen atoms in total. The molecule has 0 saturated heterocycles. The Labute approximate surface area is 265 Å². The first-order chi connectivity index (χ1) is 21.3. The number of benzene rings is 2. The van der Waals surface area contributed by atoms with Crippen molar-refractivity contribution >= 4 is 39.0 Å². The number of hydrogen-bond acceptors (Lipinski definition) is 7. The van der Waals surface area contributed by atoms with Crippen LogP contribution in [-0.2, 0) is 42.0 Å². The normalized spacial score (nSPS) is 15.3. The fourth-order valence-corrected chi connectivity index (χ4v) is 5.78. The molecule has 0 aromatic heterocycles. The van der Waals surface area contributed by atoms with E-state index in [1.165, 1.54) is 6.92 Å². The fraction of sp³-hybridized carbons (Fsp3) is 0.455. The molecule has 0 saturated carbocycles. The van der Waals surface area contributed by atoms with Gasteiger partial charge in [0.15, 0.2) is 6.10 Å². The largest absolute Gasteiger partial charge is 0.381 e. The average molecular weight is 641 g/mol. The Morgan fingerprint density at radius 3 is 2.20 bits per heavy atom. The maximum absolute atomic E-state index is 13.4. The van der Waals surface area contributed by atoms with Crippen LogP contribution in [0.15, 0.2) is 60.2 Å². The Morgan fingerprint density at radius 2 is 1.56 bits per heavy atom. The summed E-state index contributed by atoms with van der Waals surface area (Å²) >= 11 is 0. The summed E-state index contributed by atoms with van der Waals surface area (Å²) in [6, 6.07) is 13.5. The molecule has 0 heterocycles. The number of aliphatic hydroxyl groups is 1. The summed E-state index contributed by atoms with van der Waals surface area (Å²) < 4.78 is 23.9. The van der Waals surface area contributed by atoms with E-state index in [1.807, 2.05) is 68.4 Å². The van der Waals surface area contributed by atoms with E-state index >= 15 is 0 Å². The summed E-state index contributed by atoms with van der Waals surface area (Å²) in [4.78, 5) is 52.5. The SMILES string of the molecule is CCCC[C@H](NC(=O)[C@H](CCS(C)(=O)=O)NC(=O)[C@H](C)NC(=O)C1=C(C)c2ccccc2C1)C(O)C(=O)NCc1ccccc1.